The highest BCUT2D eigenvalue weighted by Crippen LogP contribution is 2.18. The Labute approximate surface area is 116 Å². The van der Waals surface area contributed by atoms with Crippen LogP contribution >= 0.6 is 0 Å². The first kappa shape index (κ1) is 12.9. The molecule has 1 fully saturated rings. The summed E-state index contributed by atoms with van der Waals surface area (Å²) >= 11 is 0. The molecular formula is C13H16N4O3. The van der Waals surface area contributed by atoms with Gasteiger partial charge in [0.2, 0.25) is 5.82 Å². The van der Waals surface area contributed by atoms with E-state index in [4.69, 9.17) is 9.47 Å². The second kappa shape index (κ2) is 5.46. The Hall–Kier alpha value is -2.15. The normalized spacial score (nSPS) is 15.6. The van der Waals surface area contributed by atoms with Gasteiger partial charge in [0.25, 0.3) is 0 Å². The number of carbonyl (C=O) groups is 1. The minimum atomic E-state index is -0.459. The van der Waals surface area contributed by atoms with Gasteiger partial charge < -0.3 is 14.4 Å². The van der Waals surface area contributed by atoms with Crippen LogP contribution in [0, 0.1) is 0 Å². The topological polar surface area (TPSA) is 69.0 Å². The number of anilines is 1. The van der Waals surface area contributed by atoms with Crippen LogP contribution < -0.4 is 4.90 Å². The Bertz CT molecular complexity index is 619. The molecule has 0 N–H and O–H groups in total. The maximum Gasteiger partial charge on any atom is 0.376 e. The highest BCUT2D eigenvalue weighted by Gasteiger charge is 2.17. The van der Waals surface area contributed by atoms with Crippen molar-refractivity contribution in [2.75, 3.05) is 37.8 Å². The Balaban J connectivity index is 1.91. The van der Waals surface area contributed by atoms with Crippen molar-refractivity contribution in [2.24, 2.45) is 0 Å². The summed E-state index contributed by atoms with van der Waals surface area (Å²) in [5.74, 6) is -0.255. The van der Waals surface area contributed by atoms with Crippen LogP contribution in [0.5, 0.6) is 0 Å². The molecule has 3 heterocycles. The zero-order chi connectivity index (χ0) is 13.9. The summed E-state index contributed by atoms with van der Waals surface area (Å²) in [5.41, 5.74) is 1.70. The van der Waals surface area contributed by atoms with Crippen LogP contribution in [-0.2, 0) is 9.47 Å². The molecule has 7 heteroatoms. The van der Waals surface area contributed by atoms with E-state index in [9.17, 15) is 4.79 Å². The van der Waals surface area contributed by atoms with Gasteiger partial charge in [-0.3, -0.25) is 4.40 Å². The maximum absolute atomic E-state index is 11.7. The van der Waals surface area contributed by atoms with E-state index >= 15 is 0 Å². The van der Waals surface area contributed by atoms with E-state index in [-0.39, 0.29) is 5.82 Å². The number of hydrogen-bond acceptors (Lipinski definition) is 6. The number of morpholine rings is 1. The molecule has 0 radical (unpaired) electrons. The quantitative estimate of drug-likeness (QED) is 0.770. The van der Waals surface area contributed by atoms with Crippen LogP contribution in [0.4, 0.5) is 5.69 Å². The van der Waals surface area contributed by atoms with Gasteiger partial charge >= 0.3 is 5.97 Å². The van der Waals surface area contributed by atoms with Gasteiger partial charge in [0, 0.05) is 31.0 Å². The molecule has 106 valence electrons. The highest BCUT2D eigenvalue weighted by atomic mass is 16.5. The zero-order valence-corrected chi connectivity index (χ0v) is 11.3. The molecule has 2 aromatic heterocycles. The molecule has 1 aliphatic heterocycles. The smallest absolute Gasteiger partial charge is 0.376 e. The van der Waals surface area contributed by atoms with Crippen molar-refractivity contribution >= 4 is 17.3 Å². The van der Waals surface area contributed by atoms with Gasteiger partial charge in [0.1, 0.15) is 0 Å². The predicted octanol–water partition coefficient (Wildman–Crippen LogP) is 0.743. The number of carbonyl (C=O) groups excluding carboxylic acids is 1. The molecule has 7 nitrogen and oxygen atoms in total. The molecule has 1 aliphatic rings. The summed E-state index contributed by atoms with van der Waals surface area (Å²) in [6.07, 6.45) is 1.80. The number of rotatable bonds is 3. The minimum absolute atomic E-state index is 0.204. The van der Waals surface area contributed by atoms with Crippen molar-refractivity contribution in [1.82, 2.24) is 14.6 Å². The largest absolute Gasteiger partial charge is 0.460 e. The van der Waals surface area contributed by atoms with Crippen molar-refractivity contribution in [3.05, 3.63) is 24.2 Å². The third-order valence-corrected chi connectivity index (χ3v) is 3.23. The molecule has 3 rings (SSSR count). The molecule has 0 aliphatic carbocycles. The van der Waals surface area contributed by atoms with E-state index in [1.165, 1.54) is 0 Å². The second-order valence-corrected chi connectivity index (χ2v) is 4.46. The lowest BCUT2D eigenvalue weighted by molar-refractivity contribution is 0.0510. The molecule has 0 bridgehead atoms. The van der Waals surface area contributed by atoms with Crippen LogP contribution in [0.2, 0.25) is 0 Å². The van der Waals surface area contributed by atoms with Gasteiger partial charge in [-0.25, -0.2) is 4.79 Å². The van der Waals surface area contributed by atoms with Crippen LogP contribution in [0.3, 0.4) is 0 Å². The molecule has 0 saturated carbocycles. The number of esters is 1. The SMILES string of the molecule is CCOC(=O)c1nnc2cc(N3CCOCC3)ccn12. The van der Waals surface area contributed by atoms with Crippen molar-refractivity contribution in [1.29, 1.82) is 0 Å². The summed E-state index contributed by atoms with van der Waals surface area (Å²) in [4.78, 5) is 14.0. The number of pyridine rings is 1. The third-order valence-electron chi connectivity index (χ3n) is 3.23. The summed E-state index contributed by atoms with van der Waals surface area (Å²) in [6.45, 7) is 5.25. The first-order valence-corrected chi connectivity index (χ1v) is 6.64. The van der Waals surface area contributed by atoms with E-state index in [0.29, 0.717) is 12.3 Å². The van der Waals surface area contributed by atoms with E-state index in [2.05, 4.69) is 15.1 Å². The van der Waals surface area contributed by atoms with Gasteiger partial charge in [-0.1, -0.05) is 0 Å². The standard InChI is InChI=1S/C13H16N4O3/c1-2-20-13(18)12-15-14-11-9-10(3-4-17(11)12)16-5-7-19-8-6-16/h3-4,9H,2,5-8H2,1H3. The lowest BCUT2D eigenvalue weighted by Crippen LogP contribution is -2.36. The summed E-state index contributed by atoms with van der Waals surface area (Å²) in [7, 11) is 0. The van der Waals surface area contributed by atoms with Crippen molar-refractivity contribution in [3.8, 4) is 0 Å². The molecule has 0 spiro atoms. The Kier molecular flexibility index (Phi) is 3.51. The van der Waals surface area contributed by atoms with Crippen LogP contribution in [0.15, 0.2) is 18.3 Å². The fraction of sp³-hybridized carbons (Fsp3) is 0.462. The summed E-state index contributed by atoms with van der Waals surface area (Å²) in [6, 6.07) is 3.87. The van der Waals surface area contributed by atoms with Crippen LogP contribution in [0.25, 0.3) is 5.65 Å². The minimum Gasteiger partial charge on any atom is -0.460 e. The summed E-state index contributed by atoms with van der Waals surface area (Å²) < 4.78 is 11.9. The van der Waals surface area contributed by atoms with Gasteiger partial charge in [-0.15, -0.1) is 10.2 Å². The van der Waals surface area contributed by atoms with Crippen LogP contribution in [-0.4, -0.2) is 53.5 Å². The monoisotopic (exact) mass is 276 g/mol. The molecule has 2 aromatic rings. The fourth-order valence-electron chi connectivity index (χ4n) is 2.23. The number of hydrogen-bond donors (Lipinski definition) is 0. The van der Waals surface area contributed by atoms with E-state index in [1.807, 2.05) is 12.1 Å². The number of nitrogens with zero attached hydrogens (tertiary/aromatic N) is 4. The maximum atomic E-state index is 11.7. The molecule has 20 heavy (non-hydrogen) atoms. The van der Waals surface area contributed by atoms with E-state index in [0.717, 1.165) is 32.0 Å². The molecule has 0 aromatic carbocycles. The van der Waals surface area contributed by atoms with Gasteiger partial charge in [-0.2, -0.15) is 0 Å². The molecule has 1 saturated heterocycles. The molecule has 0 atom stereocenters. The van der Waals surface area contributed by atoms with E-state index in [1.54, 1.807) is 17.5 Å². The lowest BCUT2D eigenvalue weighted by Gasteiger charge is -2.28. The van der Waals surface area contributed by atoms with Crippen LogP contribution in [0.1, 0.15) is 17.5 Å². The second-order valence-electron chi connectivity index (χ2n) is 4.46. The van der Waals surface area contributed by atoms with Crippen molar-refractivity contribution in [3.63, 3.8) is 0 Å². The number of fused-ring (bicyclic) bond motifs is 1. The Morgan fingerprint density at radius 3 is 2.95 bits per heavy atom. The third kappa shape index (κ3) is 2.32. The van der Waals surface area contributed by atoms with Crippen molar-refractivity contribution in [2.45, 2.75) is 6.92 Å². The first-order chi connectivity index (χ1) is 9.79. The number of ether oxygens (including phenoxy) is 2. The predicted molar refractivity (Wildman–Crippen MR) is 72.0 cm³/mol. The number of aromatic nitrogens is 3. The Morgan fingerprint density at radius 2 is 2.20 bits per heavy atom. The zero-order valence-electron chi connectivity index (χ0n) is 11.3. The molecule has 0 amide bonds. The lowest BCUT2D eigenvalue weighted by atomic mass is 10.3. The van der Waals surface area contributed by atoms with Gasteiger partial charge in [-0.05, 0) is 13.0 Å². The first-order valence-electron chi connectivity index (χ1n) is 6.64. The van der Waals surface area contributed by atoms with Gasteiger partial charge in [0.15, 0.2) is 5.65 Å². The summed E-state index contributed by atoms with van der Waals surface area (Å²) in [5, 5.41) is 7.93. The van der Waals surface area contributed by atoms with Gasteiger partial charge in [0.05, 0.1) is 19.8 Å². The average molecular weight is 276 g/mol. The van der Waals surface area contributed by atoms with Crippen molar-refractivity contribution < 1.29 is 14.3 Å². The Morgan fingerprint density at radius 1 is 1.40 bits per heavy atom. The highest BCUT2D eigenvalue weighted by molar-refractivity contribution is 5.86. The average Bonchev–Trinajstić information content (AvgIpc) is 2.91. The fourth-order valence-corrected chi connectivity index (χ4v) is 2.23. The molecule has 0 unspecified atom stereocenters. The molecular weight excluding hydrogens is 260 g/mol. The van der Waals surface area contributed by atoms with E-state index < -0.39 is 5.97 Å².